The fourth-order valence-electron chi connectivity index (χ4n) is 0.506. The number of hydrogen-bond acceptors (Lipinski definition) is 4. The van der Waals surface area contributed by atoms with Gasteiger partial charge >= 0.3 is 59.1 Å². The van der Waals surface area contributed by atoms with Gasteiger partial charge in [0.25, 0.3) is 0 Å². The second kappa shape index (κ2) is 6.51. The minimum absolute atomic E-state index is 0. The zero-order valence-corrected chi connectivity index (χ0v) is 11.6. The van der Waals surface area contributed by atoms with E-state index in [1.54, 1.807) is 6.92 Å². The average Bonchev–Trinajstić information content (AvgIpc) is 2.13. The molecule has 56 valence electrons. The van der Waals surface area contributed by atoms with Gasteiger partial charge in [0.1, 0.15) is 5.85 Å². The molecule has 1 fully saturated rings. The number of rotatable bonds is 1. The Bertz CT molecular complexity index is 147. The Hall–Kier alpha value is 2.07. The summed E-state index contributed by atoms with van der Waals surface area (Å²) in [6.07, 6.45) is -0.379. The molecule has 1 saturated heterocycles. The van der Waals surface area contributed by atoms with Gasteiger partial charge < -0.3 is 24.6 Å². The van der Waals surface area contributed by atoms with Gasteiger partial charge in [-0.1, -0.05) is 0 Å². The molecule has 0 aromatic rings. The molecule has 5 nitrogen and oxygen atoms in total. The molecule has 11 heavy (non-hydrogen) atoms. The van der Waals surface area contributed by atoms with Crippen molar-refractivity contribution in [1.29, 1.82) is 0 Å². The zero-order chi connectivity index (χ0) is 6.36. The summed E-state index contributed by atoms with van der Waals surface area (Å²) in [5.41, 5.74) is 0. The maximum atomic E-state index is 9.95. The van der Waals surface area contributed by atoms with Crippen LogP contribution < -0.4 is 68.9 Å². The van der Waals surface area contributed by atoms with Gasteiger partial charge in [-0.25, -0.2) is 0 Å². The van der Waals surface area contributed by atoms with E-state index >= 15 is 0 Å². The first kappa shape index (κ1) is 18.8. The number of ether oxygens (including phenoxy) is 1. The predicted octanol–water partition coefficient (Wildman–Crippen LogP) is -8.17. The van der Waals surface area contributed by atoms with E-state index < -0.39 is 13.4 Å². The van der Waals surface area contributed by atoms with Crippen LogP contribution in [0.25, 0.3) is 0 Å². The van der Waals surface area contributed by atoms with Gasteiger partial charge in [0, 0.05) is 0 Å². The van der Waals surface area contributed by atoms with Crippen LogP contribution in [0.4, 0.5) is 0 Å². The van der Waals surface area contributed by atoms with Crippen molar-refractivity contribution in [3.63, 3.8) is 0 Å². The molecule has 8 heteroatoms. The van der Waals surface area contributed by atoms with E-state index in [2.05, 4.69) is 4.74 Å². The molecule has 1 heterocycles. The van der Waals surface area contributed by atoms with Crippen LogP contribution in [0.15, 0.2) is 0 Å². The molecule has 2 atom stereocenters. The van der Waals surface area contributed by atoms with Crippen LogP contribution in [0.2, 0.25) is 0 Å². The summed E-state index contributed by atoms with van der Waals surface area (Å²) in [6, 6.07) is 0. The molecule has 0 amide bonds. The third-order valence-electron chi connectivity index (χ3n) is 0.991. The SMILES string of the molecule is CC1OC1P(=O)([O-])[O-].O.[Na+].[Na+]. The molecule has 1 aliphatic heterocycles. The minimum Gasteiger partial charge on any atom is -0.809 e. The molecule has 0 spiro atoms. The van der Waals surface area contributed by atoms with Crippen LogP contribution in [0.3, 0.4) is 0 Å². The first-order chi connectivity index (χ1) is 3.52. The molecule has 0 saturated carbocycles. The van der Waals surface area contributed by atoms with Crippen molar-refractivity contribution in [1.82, 2.24) is 0 Å². The van der Waals surface area contributed by atoms with Gasteiger partial charge in [-0.3, -0.25) is 0 Å². The molecule has 0 bridgehead atoms. The van der Waals surface area contributed by atoms with E-state index in [0.29, 0.717) is 0 Å². The average molecular weight is 200 g/mol. The van der Waals surface area contributed by atoms with Crippen molar-refractivity contribution in [2.75, 3.05) is 0 Å². The van der Waals surface area contributed by atoms with Gasteiger partial charge in [0.2, 0.25) is 0 Å². The van der Waals surface area contributed by atoms with Crippen LogP contribution in [0.1, 0.15) is 6.92 Å². The third-order valence-corrected chi connectivity index (χ3v) is 2.16. The zero-order valence-electron chi connectivity index (χ0n) is 6.73. The second-order valence-electron chi connectivity index (χ2n) is 1.77. The maximum absolute atomic E-state index is 9.95. The summed E-state index contributed by atoms with van der Waals surface area (Å²) in [5, 5.41) is 0. The van der Waals surface area contributed by atoms with Crippen molar-refractivity contribution < 1.29 is 83.7 Å². The molecule has 0 aliphatic carbocycles. The van der Waals surface area contributed by atoms with E-state index in [4.69, 9.17) is 0 Å². The van der Waals surface area contributed by atoms with Gasteiger partial charge in [0.15, 0.2) is 0 Å². The Morgan fingerprint density at radius 1 is 1.36 bits per heavy atom. The molecule has 0 radical (unpaired) electrons. The first-order valence-corrected chi connectivity index (χ1v) is 3.80. The smallest absolute Gasteiger partial charge is 0.809 e. The van der Waals surface area contributed by atoms with E-state index in [9.17, 15) is 14.4 Å². The van der Waals surface area contributed by atoms with Gasteiger partial charge in [-0.2, -0.15) is 0 Å². The quantitative estimate of drug-likeness (QED) is 0.238. The van der Waals surface area contributed by atoms with Crippen molar-refractivity contribution >= 4 is 7.60 Å². The first-order valence-electron chi connectivity index (χ1n) is 2.19. The summed E-state index contributed by atoms with van der Waals surface area (Å²) in [6.45, 7) is 1.55. The van der Waals surface area contributed by atoms with Crippen molar-refractivity contribution in [3.8, 4) is 0 Å². The van der Waals surface area contributed by atoms with Gasteiger partial charge in [-0.05, 0) is 14.5 Å². The van der Waals surface area contributed by atoms with Gasteiger partial charge in [-0.15, -0.1) is 0 Å². The molecular formula is C3H7Na2O5P. The summed E-state index contributed by atoms with van der Waals surface area (Å²) >= 11 is 0. The van der Waals surface area contributed by atoms with Crippen molar-refractivity contribution in [2.24, 2.45) is 0 Å². The van der Waals surface area contributed by atoms with Crippen LogP contribution in [-0.2, 0) is 9.30 Å². The summed E-state index contributed by atoms with van der Waals surface area (Å²) in [7, 11) is -4.40. The molecular weight excluding hydrogens is 193 g/mol. The predicted molar refractivity (Wildman–Crippen MR) is 25.6 cm³/mol. The van der Waals surface area contributed by atoms with Crippen molar-refractivity contribution in [2.45, 2.75) is 18.9 Å². The largest absolute Gasteiger partial charge is 1.00 e. The summed E-state index contributed by atoms with van der Waals surface area (Å²) < 4.78 is 14.3. The molecule has 1 rings (SSSR count). The molecule has 0 aromatic carbocycles. The fraction of sp³-hybridized carbons (Fsp3) is 1.00. The second-order valence-corrected chi connectivity index (χ2v) is 3.36. The number of epoxide rings is 1. The van der Waals surface area contributed by atoms with E-state index in [1.165, 1.54) is 0 Å². The molecule has 0 aromatic heterocycles. The standard InChI is InChI=1S/C3H7O4P.2Na.H2O/c1-2-3(7-2)8(4,5)6;;;/h2-3H,1H3,(H2,4,5,6);;;1H2/q;2*+1;/p-2. The van der Waals surface area contributed by atoms with E-state index in [1.807, 2.05) is 0 Å². The Balaban J connectivity index is -0.000000213. The Labute approximate surface area is 109 Å². The molecule has 1 aliphatic rings. The van der Waals surface area contributed by atoms with Crippen LogP contribution in [0, 0.1) is 0 Å². The van der Waals surface area contributed by atoms with Crippen molar-refractivity contribution in [3.05, 3.63) is 0 Å². The monoisotopic (exact) mass is 200 g/mol. The van der Waals surface area contributed by atoms with E-state index in [0.717, 1.165) is 0 Å². The normalized spacial score (nSPS) is 27.2. The molecule has 2 N–H and O–H groups in total. The Morgan fingerprint density at radius 2 is 1.64 bits per heavy atom. The van der Waals surface area contributed by atoms with Gasteiger partial charge in [0.05, 0.1) is 6.10 Å². The maximum Gasteiger partial charge on any atom is 1.00 e. The fourth-order valence-corrected chi connectivity index (χ4v) is 1.36. The Kier molecular flexibility index (Phi) is 11.1. The molecule has 2 unspecified atom stereocenters. The van der Waals surface area contributed by atoms with E-state index in [-0.39, 0.29) is 70.7 Å². The third kappa shape index (κ3) is 6.18. The van der Waals surface area contributed by atoms with Crippen LogP contribution in [0.5, 0.6) is 0 Å². The topological polar surface area (TPSA) is 107 Å². The number of hydrogen-bond donors (Lipinski definition) is 0. The van der Waals surface area contributed by atoms with Crippen LogP contribution in [-0.4, -0.2) is 17.4 Å². The van der Waals surface area contributed by atoms with Crippen LogP contribution >= 0.6 is 7.60 Å². The summed E-state index contributed by atoms with van der Waals surface area (Å²) in [4.78, 5) is 19.9. The Morgan fingerprint density at radius 3 is 1.64 bits per heavy atom. The minimum atomic E-state index is -4.40. The summed E-state index contributed by atoms with van der Waals surface area (Å²) in [5.74, 6) is -1.04.